The second kappa shape index (κ2) is 8.15. The molecule has 0 saturated heterocycles. The van der Waals surface area contributed by atoms with Crippen molar-refractivity contribution >= 4 is 46.2 Å². The third kappa shape index (κ3) is 4.38. The molecular weight excluding hydrogens is 361 g/mol. The molecule has 0 radical (unpaired) electrons. The molecule has 6 heteroatoms. The van der Waals surface area contributed by atoms with Gasteiger partial charge in [0.1, 0.15) is 0 Å². The van der Waals surface area contributed by atoms with Crippen LogP contribution < -0.4 is 5.32 Å². The van der Waals surface area contributed by atoms with Crippen molar-refractivity contribution in [3.05, 3.63) is 58.3 Å². The molecule has 1 N–H and O–H groups in total. The smallest absolute Gasteiger partial charge is 0.174 e. The highest BCUT2D eigenvalue weighted by Gasteiger charge is 2.25. The number of hydrogen-bond acceptors (Lipinski definition) is 2. The van der Waals surface area contributed by atoms with Gasteiger partial charge >= 0.3 is 0 Å². The van der Waals surface area contributed by atoms with E-state index in [0.29, 0.717) is 21.2 Å². The Labute approximate surface area is 158 Å². The van der Waals surface area contributed by atoms with E-state index in [1.54, 1.807) is 18.3 Å². The molecule has 1 aromatic carbocycles. The lowest BCUT2D eigenvalue weighted by Gasteiger charge is -2.32. The Hall–Kier alpha value is -1.36. The number of hydrogen-bond donors (Lipinski definition) is 1. The van der Waals surface area contributed by atoms with Crippen LogP contribution in [-0.4, -0.2) is 21.0 Å². The molecule has 0 unspecified atom stereocenters. The molecule has 1 fully saturated rings. The van der Waals surface area contributed by atoms with Crippen molar-refractivity contribution in [2.75, 3.05) is 5.32 Å². The van der Waals surface area contributed by atoms with E-state index >= 15 is 0 Å². The fraction of sp³-hybridized carbons (Fsp3) is 0.333. The van der Waals surface area contributed by atoms with Crippen molar-refractivity contribution in [2.45, 2.75) is 38.3 Å². The molecule has 1 aromatic heterocycles. The number of anilines is 1. The van der Waals surface area contributed by atoms with Crippen molar-refractivity contribution in [3.63, 3.8) is 0 Å². The minimum Gasteiger partial charge on any atom is -0.342 e. The van der Waals surface area contributed by atoms with Crippen LogP contribution >= 0.6 is 35.4 Å². The summed E-state index contributed by atoms with van der Waals surface area (Å²) < 4.78 is 0. The molecule has 1 heterocycles. The van der Waals surface area contributed by atoms with Crippen LogP contribution in [0.5, 0.6) is 0 Å². The summed E-state index contributed by atoms with van der Waals surface area (Å²) in [4.78, 5) is 6.46. The molecule has 1 aliphatic rings. The SMILES string of the molecule is S=C(Nc1ccc(Cl)cc1Cl)N(Cc1cccnc1)C1CCCC1. The second-order valence-electron chi connectivity index (χ2n) is 5.98. The average Bonchev–Trinajstić information content (AvgIpc) is 3.10. The first-order valence-electron chi connectivity index (χ1n) is 8.05. The lowest BCUT2D eigenvalue weighted by molar-refractivity contribution is 0.312. The molecule has 24 heavy (non-hydrogen) atoms. The summed E-state index contributed by atoms with van der Waals surface area (Å²) >= 11 is 17.9. The highest BCUT2D eigenvalue weighted by atomic mass is 35.5. The second-order valence-corrected chi connectivity index (χ2v) is 7.21. The van der Waals surface area contributed by atoms with Gasteiger partial charge in [0, 0.05) is 30.0 Å². The highest BCUT2D eigenvalue weighted by molar-refractivity contribution is 7.80. The molecule has 3 nitrogen and oxygen atoms in total. The molecule has 0 atom stereocenters. The van der Waals surface area contributed by atoms with Crippen LogP contribution in [0.2, 0.25) is 10.0 Å². The number of nitrogens with zero attached hydrogens (tertiary/aromatic N) is 2. The average molecular weight is 380 g/mol. The molecule has 0 aliphatic heterocycles. The topological polar surface area (TPSA) is 28.2 Å². The summed E-state index contributed by atoms with van der Waals surface area (Å²) in [6, 6.07) is 9.86. The van der Waals surface area contributed by atoms with Gasteiger partial charge in [-0.25, -0.2) is 0 Å². The monoisotopic (exact) mass is 379 g/mol. The van der Waals surface area contributed by atoms with Gasteiger partial charge in [0.15, 0.2) is 5.11 Å². The third-order valence-corrected chi connectivity index (χ3v) is 5.16. The summed E-state index contributed by atoms with van der Waals surface area (Å²) in [6.45, 7) is 0.746. The molecule has 126 valence electrons. The van der Waals surface area contributed by atoms with Crippen LogP contribution in [0.4, 0.5) is 5.69 Å². The number of benzene rings is 1. The predicted octanol–water partition coefficient (Wildman–Crippen LogP) is 5.53. The molecule has 0 amide bonds. The summed E-state index contributed by atoms with van der Waals surface area (Å²) in [7, 11) is 0. The summed E-state index contributed by atoms with van der Waals surface area (Å²) in [5, 5.41) is 5.15. The number of aromatic nitrogens is 1. The number of rotatable bonds is 4. The highest BCUT2D eigenvalue weighted by Crippen LogP contribution is 2.28. The maximum atomic E-state index is 6.26. The van der Waals surface area contributed by atoms with Crippen LogP contribution in [0, 0.1) is 0 Å². The quantitative estimate of drug-likeness (QED) is 0.706. The lowest BCUT2D eigenvalue weighted by atomic mass is 10.2. The first kappa shape index (κ1) is 17.5. The van der Waals surface area contributed by atoms with Crippen molar-refractivity contribution in [1.29, 1.82) is 0 Å². The first-order chi connectivity index (χ1) is 11.6. The third-order valence-electron chi connectivity index (χ3n) is 4.27. The van der Waals surface area contributed by atoms with Crippen molar-refractivity contribution in [1.82, 2.24) is 9.88 Å². The Morgan fingerprint density at radius 2 is 2.04 bits per heavy atom. The fourth-order valence-electron chi connectivity index (χ4n) is 3.05. The molecule has 2 aromatic rings. The molecule has 0 bridgehead atoms. The van der Waals surface area contributed by atoms with Gasteiger partial charge in [0.2, 0.25) is 0 Å². The largest absolute Gasteiger partial charge is 0.342 e. The van der Waals surface area contributed by atoms with Crippen molar-refractivity contribution < 1.29 is 0 Å². The van der Waals surface area contributed by atoms with E-state index in [4.69, 9.17) is 35.4 Å². The van der Waals surface area contributed by atoms with Gasteiger partial charge in [-0.1, -0.05) is 42.1 Å². The van der Waals surface area contributed by atoms with Gasteiger partial charge < -0.3 is 10.2 Å². The standard InChI is InChI=1S/C18H19Cl2N3S/c19-14-7-8-17(16(20)10-14)22-18(24)23(15-5-1-2-6-15)12-13-4-3-9-21-11-13/h3-4,7-11,15H,1-2,5-6,12H2,(H,22,24). The zero-order valence-corrected chi connectivity index (χ0v) is 15.5. The normalized spacial score (nSPS) is 14.6. The van der Waals surface area contributed by atoms with Crippen LogP contribution in [-0.2, 0) is 6.54 Å². The Morgan fingerprint density at radius 3 is 2.71 bits per heavy atom. The van der Waals surface area contributed by atoms with Crippen LogP contribution in [0.1, 0.15) is 31.2 Å². The maximum absolute atomic E-state index is 6.26. The molecule has 0 spiro atoms. The van der Waals surface area contributed by atoms with Gasteiger partial charge in [0.25, 0.3) is 0 Å². The van der Waals surface area contributed by atoms with Gasteiger partial charge in [0.05, 0.1) is 10.7 Å². The van der Waals surface area contributed by atoms with Crippen molar-refractivity contribution in [3.8, 4) is 0 Å². The summed E-state index contributed by atoms with van der Waals surface area (Å²) in [5.41, 5.74) is 1.93. The van der Waals surface area contributed by atoms with E-state index in [1.807, 2.05) is 18.3 Å². The number of halogens is 2. The van der Waals surface area contributed by atoms with E-state index in [1.165, 1.54) is 12.8 Å². The zero-order valence-electron chi connectivity index (χ0n) is 13.2. The molecule has 1 saturated carbocycles. The van der Waals surface area contributed by atoms with E-state index in [2.05, 4.69) is 21.3 Å². The Bertz CT molecular complexity index is 703. The predicted molar refractivity (Wildman–Crippen MR) is 105 cm³/mol. The van der Waals surface area contributed by atoms with Crippen LogP contribution in [0.3, 0.4) is 0 Å². The Balaban J connectivity index is 1.77. The summed E-state index contributed by atoms with van der Waals surface area (Å²) in [5.74, 6) is 0. The minimum atomic E-state index is 0.455. The minimum absolute atomic E-state index is 0.455. The van der Waals surface area contributed by atoms with Gasteiger partial charge in [-0.2, -0.15) is 0 Å². The lowest BCUT2D eigenvalue weighted by Crippen LogP contribution is -2.41. The van der Waals surface area contributed by atoms with Gasteiger partial charge in [-0.05, 0) is 54.9 Å². The van der Waals surface area contributed by atoms with E-state index in [9.17, 15) is 0 Å². The maximum Gasteiger partial charge on any atom is 0.174 e. The number of nitrogens with one attached hydrogen (secondary N) is 1. The first-order valence-corrected chi connectivity index (χ1v) is 9.21. The van der Waals surface area contributed by atoms with E-state index < -0.39 is 0 Å². The fourth-order valence-corrected chi connectivity index (χ4v) is 3.83. The van der Waals surface area contributed by atoms with Gasteiger partial charge in [-0.15, -0.1) is 0 Å². The number of thiocarbonyl (C=S) groups is 1. The Kier molecular flexibility index (Phi) is 5.93. The zero-order chi connectivity index (χ0) is 16.9. The van der Waals surface area contributed by atoms with Crippen LogP contribution in [0.15, 0.2) is 42.7 Å². The molecular formula is C18H19Cl2N3S. The number of pyridine rings is 1. The van der Waals surface area contributed by atoms with E-state index in [0.717, 1.165) is 30.6 Å². The van der Waals surface area contributed by atoms with Gasteiger partial charge in [-0.3, -0.25) is 4.98 Å². The van der Waals surface area contributed by atoms with Crippen LogP contribution in [0.25, 0.3) is 0 Å². The van der Waals surface area contributed by atoms with E-state index in [-0.39, 0.29) is 0 Å². The van der Waals surface area contributed by atoms with Crippen molar-refractivity contribution in [2.24, 2.45) is 0 Å². The Morgan fingerprint density at radius 1 is 1.25 bits per heavy atom. The molecule has 3 rings (SSSR count). The summed E-state index contributed by atoms with van der Waals surface area (Å²) in [6.07, 6.45) is 8.50. The molecule has 1 aliphatic carbocycles.